The van der Waals surface area contributed by atoms with Crippen LogP contribution in [0.3, 0.4) is 0 Å². The van der Waals surface area contributed by atoms with E-state index in [2.05, 4.69) is 19.9 Å². The van der Waals surface area contributed by atoms with Gasteiger partial charge < -0.3 is 14.6 Å². The molecule has 3 aromatic heterocycles. The average Bonchev–Trinajstić information content (AvgIpc) is 3.17. The molecule has 31 heavy (non-hydrogen) atoms. The normalized spacial score (nSPS) is 15.4. The van der Waals surface area contributed by atoms with Crippen LogP contribution in [-0.4, -0.2) is 37.8 Å². The van der Waals surface area contributed by atoms with Crippen molar-refractivity contribution in [3.8, 4) is 16.6 Å². The van der Waals surface area contributed by atoms with Gasteiger partial charge in [0.05, 0.1) is 22.9 Å². The van der Waals surface area contributed by atoms with E-state index in [9.17, 15) is 5.11 Å². The molecule has 1 fully saturated rings. The summed E-state index contributed by atoms with van der Waals surface area (Å²) in [4.78, 5) is 19.8. The minimum Gasteiger partial charge on any atom is -0.460 e. The molecule has 0 radical (unpaired) electrons. The minimum absolute atomic E-state index is 0.124. The van der Waals surface area contributed by atoms with E-state index in [0.717, 1.165) is 33.9 Å². The third-order valence-corrected chi connectivity index (χ3v) is 6.11. The van der Waals surface area contributed by atoms with Crippen LogP contribution in [0.1, 0.15) is 43.5 Å². The molecule has 1 N–H and O–H groups in total. The van der Waals surface area contributed by atoms with Crippen molar-refractivity contribution in [2.45, 2.75) is 58.5 Å². The van der Waals surface area contributed by atoms with Crippen LogP contribution < -0.4 is 9.54 Å². The van der Waals surface area contributed by atoms with Crippen LogP contribution >= 0.6 is 11.3 Å². The fourth-order valence-electron chi connectivity index (χ4n) is 3.58. The molecule has 0 amide bonds. The van der Waals surface area contributed by atoms with Crippen molar-refractivity contribution in [1.29, 1.82) is 0 Å². The Balaban J connectivity index is 1.68. The van der Waals surface area contributed by atoms with Crippen LogP contribution in [0.2, 0.25) is 0 Å². The first-order chi connectivity index (χ1) is 15.1. The first-order valence-electron chi connectivity index (χ1n) is 10.5. The van der Waals surface area contributed by atoms with Crippen molar-refractivity contribution in [2.75, 3.05) is 7.11 Å². The van der Waals surface area contributed by atoms with Crippen molar-refractivity contribution in [3.63, 3.8) is 0 Å². The summed E-state index contributed by atoms with van der Waals surface area (Å²) in [6.07, 6.45) is 7.95. The van der Waals surface area contributed by atoms with Gasteiger partial charge in [0, 0.05) is 19.0 Å². The third-order valence-electron chi connectivity index (χ3n) is 5.06. The van der Waals surface area contributed by atoms with E-state index >= 15 is 0 Å². The standard InChI is InChI=1S/C22H27N5O3S/c1-15-11-18(25-21(23-15)30-17-8-4-3-5-9-17)19-12-27(14-29-2)22(31-19)26-20-10-6-7-16(13-28)24-20/h6-7,10-12,17,28H,3-5,8-9,13-14H2,1-2H3. The Morgan fingerprint density at radius 3 is 2.81 bits per heavy atom. The predicted molar refractivity (Wildman–Crippen MR) is 118 cm³/mol. The van der Waals surface area contributed by atoms with Gasteiger partial charge in [-0.05, 0) is 50.8 Å². The Bertz CT molecular complexity index is 1090. The number of nitrogens with zero attached hydrogens (tertiary/aromatic N) is 5. The van der Waals surface area contributed by atoms with Gasteiger partial charge in [-0.3, -0.25) is 4.57 Å². The summed E-state index contributed by atoms with van der Waals surface area (Å²) in [6.45, 7) is 2.18. The molecule has 0 saturated heterocycles. The summed E-state index contributed by atoms with van der Waals surface area (Å²) in [5.74, 6) is 0.532. The maximum absolute atomic E-state index is 9.34. The van der Waals surface area contributed by atoms with Gasteiger partial charge in [-0.1, -0.05) is 23.8 Å². The molecule has 4 rings (SSSR count). The largest absolute Gasteiger partial charge is 0.460 e. The molecule has 3 heterocycles. The number of aryl methyl sites for hydroxylation is 1. The molecule has 3 aromatic rings. The van der Waals surface area contributed by atoms with Crippen LogP contribution in [0.5, 0.6) is 6.01 Å². The zero-order valence-electron chi connectivity index (χ0n) is 17.8. The van der Waals surface area contributed by atoms with E-state index in [4.69, 9.17) is 9.47 Å². The highest BCUT2D eigenvalue weighted by Crippen LogP contribution is 2.26. The van der Waals surface area contributed by atoms with E-state index in [1.807, 2.05) is 29.8 Å². The van der Waals surface area contributed by atoms with Gasteiger partial charge in [0.15, 0.2) is 10.6 Å². The average molecular weight is 442 g/mol. The summed E-state index contributed by atoms with van der Waals surface area (Å²) in [6, 6.07) is 7.78. The first-order valence-corrected chi connectivity index (χ1v) is 11.3. The molecule has 0 unspecified atom stereocenters. The van der Waals surface area contributed by atoms with Crippen molar-refractivity contribution in [1.82, 2.24) is 19.5 Å². The molecule has 9 heteroatoms. The first kappa shape index (κ1) is 21.6. The van der Waals surface area contributed by atoms with Crippen molar-refractivity contribution in [2.24, 2.45) is 4.99 Å². The summed E-state index contributed by atoms with van der Waals surface area (Å²) in [5.41, 5.74) is 2.23. The number of methoxy groups -OCH3 is 1. The van der Waals surface area contributed by atoms with Crippen LogP contribution in [-0.2, 0) is 18.1 Å². The number of aromatic nitrogens is 4. The second-order valence-electron chi connectivity index (χ2n) is 7.58. The van der Waals surface area contributed by atoms with Crippen molar-refractivity contribution < 1.29 is 14.6 Å². The maximum Gasteiger partial charge on any atom is 0.317 e. The Morgan fingerprint density at radius 2 is 2.03 bits per heavy atom. The Hall–Kier alpha value is -2.62. The zero-order valence-corrected chi connectivity index (χ0v) is 18.6. The molecule has 0 aliphatic heterocycles. The van der Waals surface area contributed by atoms with Gasteiger partial charge in [0.25, 0.3) is 0 Å². The minimum atomic E-state index is -0.124. The maximum atomic E-state index is 9.34. The van der Waals surface area contributed by atoms with E-state index in [1.54, 1.807) is 19.2 Å². The highest BCUT2D eigenvalue weighted by molar-refractivity contribution is 7.12. The lowest BCUT2D eigenvalue weighted by molar-refractivity contribution is 0.129. The summed E-state index contributed by atoms with van der Waals surface area (Å²) in [7, 11) is 1.64. The van der Waals surface area contributed by atoms with Crippen LogP contribution in [0.15, 0.2) is 35.5 Å². The predicted octanol–water partition coefficient (Wildman–Crippen LogP) is 3.75. The number of rotatable bonds is 7. The molecule has 8 nitrogen and oxygen atoms in total. The van der Waals surface area contributed by atoms with Gasteiger partial charge in [-0.15, -0.1) is 0 Å². The molecule has 0 spiro atoms. The lowest BCUT2D eigenvalue weighted by Gasteiger charge is -2.21. The number of pyridine rings is 1. The quantitative estimate of drug-likeness (QED) is 0.600. The lowest BCUT2D eigenvalue weighted by Crippen LogP contribution is -2.21. The number of hydrogen-bond acceptors (Lipinski definition) is 8. The topological polar surface area (TPSA) is 94.7 Å². The number of aliphatic hydroxyl groups excluding tert-OH is 1. The van der Waals surface area contributed by atoms with E-state index in [-0.39, 0.29) is 12.7 Å². The second kappa shape index (κ2) is 10.1. The SMILES string of the molecule is COCn1cc(-c2cc(C)nc(OC3CCCCC3)n2)sc1=Nc1cccc(CO)n1. The van der Waals surface area contributed by atoms with Gasteiger partial charge >= 0.3 is 6.01 Å². The summed E-state index contributed by atoms with van der Waals surface area (Å²) >= 11 is 1.49. The van der Waals surface area contributed by atoms with Crippen molar-refractivity contribution in [3.05, 3.63) is 46.7 Å². The fourth-order valence-corrected chi connectivity index (χ4v) is 4.53. The Labute approximate surface area is 185 Å². The second-order valence-corrected chi connectivity index (χ2v) is 8.59. The lowest BCUT2D eigenvalue weighted by atomic mass is 9.98. The van der Waals surface area contributed by atoms with Gasteiger partial charge in [-0.2, -0.15) is 4.98 Å². The molecular formula is C22H27N5O3S. The molecule has 1 aliphatic carbocycles. The number of thiazole rings is 1. The third kappa shape index (κ3) is 5.55. The molecule has 0 bridgehead atoms. The van der Waals surface area contributed by atoms with Crippen molar-refractivity contribution >= 4 is 17.2 Å². The van der Waals surface area contributed by atoms with E-state index in [0.29, 0.717) is 24.3 Å². The molecular weight excluding hydrogens is 414 g/mol. The summed E-state index contributed by atoms with van der Waals surface area (Å²) in [5, 5.41) is 9.34. The van der Waals surface area contributed by atoms with Crippen LogP contribution in [0, 0.1) is 6.92 Å². The Morgan fingerprint density at radius 1 is 1.19 bits per heavy atom. The number of aliphatic hydroxyl groups is 1. The van der Waals surface area contributed by atoms with E-state index < -0.39 is 0 Å². The number of hydrogen-bond donors (Lipinski definition) is 1. The van der Waals surface area contributed by atoms with E-state index in [1.165, 1.54) is 30.6 Å². The highest BCUT2D eigenvalue weighted by atomic mass is 32.1. The molecule has 0 aromatic carbocycles. The van der Waals surface area contributed by atoms with Crippen LogP contribution in [0.4, 0.5) is 5.82 Å². The highest BCUT2D eigenvalue weighted by Gasteiger charge is 2.17. The Kier molecular flexibility index (Phi) is 7.06. The fraction of sp³-hybridized carbons (Fsp3) is 0.455. The zero-order chi connectivity index (χ0) is 21.6. The molecule has 1 saturated carbocycles. The van der Waals surface area contributed by atoms with Gasteiger partial charge in [0.2, 0.25) is 0 Å². The van der Waals surface area contributed by atoms with Gasteiger partial charge in [0.1, 0.15) is 12.8 Å². The smallest absolute Gasteiger partial charge is 0.317 e. The number of ether oxygens (including phenoxy) is 2. The molecule has 1 aliphatic rings. The van der Waals surface area contributed by atoms with Gasteiger partial charge in [-0.25, -0.2) is 15.0 Å². The summed E-state index contributed by atoms with van der Waals surface area (Å²) < 4.78 is 13.3. The molecule has 164 valence electrons. The molecule has 0 atom stereocenters. The van der Waals surface area contributed by atoms with Crippen LogP contribution in [0.25, 0.3) is 10.6 Å². The monoisotopic (exact) mass is 441 g/mol.